The molecule has 16 heavy (non-hydrogen) atoms. The fraction of sp³-hybridized carbons (Fsp3) is 0.143. The zero-order valence-corrected chi connectivity index (χ0v) is 10.1. The summed E-state index contributed by atoms with van der Waals surface area (Å²) in [4.78, 5) is 1.29. The van der Waals surface area contributed by atoms with Crippen LogP contribution in [-0.4, -0.2) is 0 Å². The summed E-state index contributed by atoms with van der Waals surface area (Å²) >= 11 is 1.82. The van der Waals surface area contributed by atoms with Gasteiger partial charge in [0.1, 0.15) is 0 Å². The van der Waals surface area contributed by atoms with E-state index >= 15 is 0 Å². The zero-order valence-electron chi connectivity index (χ0n) is 9.31. The van der Waals surface area contributed by atoms with Crippen LogP contribution in [0.15, 0.2) is 53.4 Å². The summed E-state index contributed by atoms with van der Waals surface area (Å²) in [5.41, 5.74) is 9.27. The number of hydrogen-bond donors (Lipinski definition) is 1. The highest BCUT2D eigenvalue weighted by molar-refractivity contribution is 7.98. The third kappa shape index (κ3) is 2.80. The molecule has 0 unspecified atom stereocenters. The predicted octanol–water partition coefficient (Wildman–Crippen LogP) is 3.87. The van der Waals surface area contributed by atoms with Gasteiger partial charge in [-0.15, -0.1) is 11.8 Å². The molecule has 0 saturated carbocycles. The summed E-state index contributed by atoms with van der Waals surface area (Å²) in [6, 6.07) is 16.6. The number of nitrogen functional groups attached to an aromatic ring is 1. The summed E-state index contributed by atoms with van der Waals surface area (Å²) in [5.74, 6) is 0.926. The molecule has 0 fully saturated rings. The van der Waals surface area contributed by atoms with Gasteiger partial charge in [-0.1, -0.05) is 35.9 Å². The van der Waals surface area contributed by atoms with Crippen molar-refractivity contribution in [3.05, 3.63) is 59.7 Å². The lowest BCUT2D eigenvalue weighted by molar-refractivity contribution is 1.35. The number of hydrogen-bond acceptors (Lipinski definition) is 2. The molecular weight excluding hydrogens is 214 g/mol. The van der Waals surface area contributed by atoms with Crippen LogP contribution in [-0.2, 0) is 5.75 Å². The van der Waals surface area contributed by atoms with E-state index < -0.39 is 0 Å². The Morgan fingerprint density at radius 1 is 1.00 bits per heavy atom. The van der Waals surface area contributed by atoms with Gasteiger partial charge in [0, 0.05) is 16.3 Å². The molecule has 1 nitrogen and oxygen atoms in total. The highest BCUT2D eigenvalue weighted by Crippen LogP contribution is 2.25. The van der Waals surface area contributed by atoms with Gasteiger partial charge in [-0.25, -0.2) is 0 Å². The second-order valence-corrected chi connectivity index (χ2v) is 4.85. The van der Waals surface area contributed by atoms with Crippen molar-refractivity contribution >= 4 is 17.4 Å². The Bertz CT molecular complexity index is 462. The maximum Gasteiger partial charge on any atom is 0.0355 e. The molecule has 82 valence electrons. The van der Waals surface area contributed by atoms with Crippen LogP contribution in [0.1, 0.15) is 11.1 Å². The molecule has 2 aromatic carbocycles. The number of benzene rings is 2. The Morgan fingerprint density at radius 2 is 1.69 bits per heavy atom. The van der Waals surface area contributed by atoms with Crippen molar-refractivity contribution in [2.75, 3.05) is 5.73 Å². The van der Waals surface area contributed by atoms with Crippen molar-refractivity contribution in [2.24, 2.45) is 0 Å². The Kier molecular flexibility index (Phi) is 3.52. The number of nitrogens with two attached hydrogens (primary N) is 1. The molecule has 0 bridgehead atoms. The lowest BCUT2D eigenvalue weighted by atomic mass is 10.2. The standard InChI is InChI=1S/C14H15NS/c1-11-6-8-13(9-7-11)16-10-12-4-2-3-5-14(12)15/h2-9H,10,15H2,1H3. The van der Waals surface area contributed by atoms with E-state index in [1.165, 1.54) is 16.0 Å². The third-order valence-corrected chi connectivity index (χ3v) is 3.53. The fourth-order valence-electron chi connectivity index (χ4n) is 1.46. The van der Waals surface area contributed by atoms with E-state index in [9.17, 15) is 0 Å². The normalized spacial score (nSPS) is 10.3. The molecule has 0 aliphatic carbocycles. The van der Waals surface area contributed by atoms with Gasteiger partial charge in [-0.2, -0.15) is 0 Å². The molecule has 0 spiro atoms. The molecule has 0 aromatic heterocycles. The summed E-state index contributed by atoms with van der Waals surface area (Å²) in [6.07, 6.45) is 0. The summed E-state index contributed by atoms with van der Waals surface area (Å²) in [7, 11) is 0. The average molecular weight is 229 g/mol. The van der Waals surface area contributed by atoms with E-state index in [0.29, 0.717) is 0 Å². The van der Waals surface area contributed by atoms with E-state index in [1.807, 2.05) is 30.0 Å². The fourth-order valence-corrected chi connectivity index (χ4v) is 2.37. The van der Waals surface area contributed by atoms with Crippen LogP contribution in [0.3, 0.4) is 0 Å². The van der Waals surface area contributed by atoms with Gasteiger partial charge in [0.25, 0.3) is 0 Å². The van der Waals surface area contributed by atoms with E-state index in [4.69, 9.17) is 5.73 Å². The molecule has 0 amide bonds. The zero-order chi connectivity index (χ0) is 11.4. The molecule has 2 rings (SSSR count). The highest BCUT2D eigenvalue weighted by Gasteiger charge is 1.99. The first kappa shape index (κ1) is 11.1. The van der Waals surface area contributed by atoms with Gasteiger partial charge in [-0.05, 0) is 30.7 Å². The van der Waals surface area contributed by atoms with Crippen molar-refractivity contribution in [3.8, 4) is 0 Å². The second kappa shape index (κ2) is 5.08. The summed E-state index contributed by atoms with van der Waals surface area (Å²) in [5, 5.41) is 0. The van der Waals surface area contributed by atoms with Crippen LogP contribution in [0.2, 0.25) is 0 Å². The van der Waals surface area contributed by atoms with Gasteiger partial charge >= 0.3 is 0 Å². The first-order valence-corrected chi connectivity index (χ1v) is 6.27. The largest absolute Gasteiger partial charge is 0.398 e. The van der Waals surface area contributed by atoms with Gasteiger partial charge in [-0.3, -0.25) is 0 Å². The molecule has 2 heteroatoms. The molecule has 0 saturated heterocycles. The van der Waals surface area contributed by atoms with Crippen LogP contribution in [0, 0.1) is 6.92 Å². The minimum absolute atomic E-state index is 0.877. The van der Waals surface area contributed by atoms with Crippen molar-refractivity contribution in [3.63, 3.8) is 0 Å². The van der Waals surface area contributed by atoms with Gasteiger partial charge in [0.05, 0.1) is 0 Å². The minimum atomic E-state index is 0.877. The first-order valence-electron chi connectivity index (χ1n) is 5.28. The Balaban J connectivity index is 2.02. The minimum Gasteiger partial charge on any atom is -0.398 e. The van der Waals surface area contributed by atoms with Crippen LogP contribution < -0.4 is 5.73 Å². The molecular formula is C14H15NS. The van der Waals surface area contributed by atoms with E-state index in [2.05, 4.69) is 37.3 Å². The van der Waals surface area contributed by atoms with E-state index in [-0.39, 0.29) is 0 Å². The summed E-state index contributed by atoms with van der Waals surface area (Å²) < 4.78 is 0. The molecule has 2 N–H and O–H groups in total. The molecule has 2 aromatic rings. The maximum atomic E-state index is 5.90. The Morgan fingerprint density at radius 3 is 2.38 bits per heavy atom. The van der Waals surface area contributed by atoms with Crippen molar-refractivity contribution in [1.29, 1.82) is 0 Å². The Hall–Kier alpha value is -1.41. The van der Waals surface area contributed by atoms with Crippen LogP contribution in [0.5, 0.6) is 0 Å². The second-order valence-electron chi connectivity index (χ2n) is 3.80. The molecule has 0 aliphatic heterocycles. The van der Waals surface area contributed by atoms with Crippen LogP contribution >= 0.6 is 11.8 Å². The summed E-state index contributed by atoms with van der Waals surface area (Å²) in [6.45, 7) is 2.10. The van der Waals surface area contributed by atoms with Crippen LogP contribution in [0.25, 0.3) is 0 Å². The topological polar surface area (TPSA) is 26.0 Å². The van der Waals surface area contributed by atoms with Crippen molar-refractivity contribution in [1.82, 2.24) is 0 Å². The third-order valence-electron chi connectivity index (χ3n) is 2.47. The number of para-hydroxylation sites is 1. The quantitative estimate of drug-likeness (QED) is 0.638. The molecule has 0 radical (unpaired) electrons. The Labute approximate surface area is 101 Å². The van der Waals surface area contributed by atoms with E-state index in [1.54, 1.807) is 0 Å². The van der Waals surface area contributed by atoms with Crippen LogP contribution in [0.4, 0.5) is 5.69 Å². The predicted molar refractivity (Wildman–Crippen MR) is 71.6 cm³/mol. The smallest absolute Gasteiger partial charge is 0.0355 e. The number of thioether (sulfide) groups is 1. The lowest BCUT2D eigenvalue weighted by Gasteiger charge is -2.05. The van der Waals surface area contributed by atoms with E-state index in [0.717, 1.165) is 11.4 Å². The van der Waals surface area contributed by atoms with Gasteiger partial charge in [0.2, 0.25) is 0 Å². The molecule has 0 atom stereocenters. The number of aryl methyl sites for hydroxylation is 1. The lowest BCUT2D eigenvalue weighted by Crippen LogP contribution is -1.91. The maximum absolute atomic E-state index is 5.90. The van der Waals surface area contributed by atoms with Gasteiger partial charge < -0.3 is 5.73 Å². The van der Waals surface area contributed by atoms with Crippen molar-refractivity contribution in [2.45, 2.75) is 17.6 Å². The molecule has 0 aliphatic rings. The monoisotopic (exact) mass is 229 g/mol. The average Bonchev–Trinajstić information content (AvgIpc) is 2.30. The molecule has 0 heterocycles. The highest BCUT2D eigenvalue weighted by atomic mass is 32.2. The first-order chi connectivity index (χ1) is 7.75. The SMILES string of the molecule is Cc1ccc(SCc2ccccc2N)cc1. The van der Waals surface area contributed by atoms with Gasteiger partial charge in [0.15, 0.2) is 0 Å². The number of anilines is 1. The number of rotatable bonds is 3. The van der Waals surface area contributed by atoms with Crippen molar-refractivity contribution < 1.29 is 0 Å².